The van der Waals surface area contributed by atoms with Gasteiger partial charge in [0.25, 0.3) is 0 Å². The third-order valence-electron chi connectivity index (χ3n) is 3.69. The van der Waals surface area contributed by atoms with Crippen molar-refractivity contribution in [1.82, 2.24) is 4.90 Å². The van der Waals surface area contributed by atoms with E-state index in [1.165, 1.54) is 0 Å². The van der Waals surface area contributed by atoms with E-state index in [9.17, 15) is 4.79 Å². The molecular weight excluding hydrogens is 260 g/mol. The second-order valence-corrected chi connectivity index (χ2v) is 7.00. The van der Waals surface area contributed by atoms with Crippen LogP contribution in [0.3, 0.4) is 0 Å². The summed E-state index contributed by atoms with van der Waals surface area (Å²) >= 11 is 0. The molecule has 6 nitrogen and oxygen atoms in total. The number of amides is 1. The van der Waals surface area contributed by atoms with Crippen LogP contribution in [0.15, 0.2) is 4.99 Å². The van der Waals surface area contributed by atoms with Crippen LogP contribution in [-0.2, 0) is 14.2 Å². The summed E-state index contributed by atoms with van der Waals surface area (Å²) in [5, 5.41) is 0. The van der Waals surface area contributed by atoms with Gasteiger partial charge in [-0.25, -0.2) is 4.79 Å². The number of hydrogen-bond acceptors (Lipinski definition) is 5. The van der Waals surface area contributed by atoms with E-state index in [4.69, 9.17) is 14.2 Å². The molecule has 112 valence electrons. The van der Waals surface area contributed by atoms with Gasteiger partial charge in [0, 0.05) is 12.6 Å². The molecule has 0 aromatic carbocycles. The SMILES string of the molecule is CC(C)(C)OC(=O)N1[C@@H]2CC=N[C@H]1[C@@H]1OC(C)(C)O[C@@H]12. The predicted octanol–water partition coefficient (Wildman–Crippen LogP) is 1.93. The van der Waals surface area contributed by atoms with Gasteiger partial charge >= 0.3 is 6.09 Å². The van der Waals surface area contributed by atoms with Crippen molar-refractivity contribution in [2.75, 3.05) is 0 Å². The highest BCUT2D eigenvalue weighted by molar-refractivity contribution is 5.73. The first-order valence-electron chi connectivity index (χ1n) is 7.06. The number of ether oxygens (including phenoxy) is 3. The first kappa shape index (κ1) is 13.8. The van der Waals surface area contributed by atoms with Crippen LogP contribution in [0, 0.1) is 0 Å². The van der Waals surface area contributed by atoms with Crippen molar-refractivity contribution in [1.29, 1.82) is 0 Å². The molecule has 20 heavy (non-hydrogen) atoms. The van der Waals surface area contributed by atoms with Crippen molar-refractivity contribution in [3.63, 3.8) is 0 Å². The van der Waals surface area contributed by atoms with E-state index in [1.807, 2.05) is 40.8 Å². The quantitative estimate of drug-likeness (QED) is 0.681. The van der Waals surface area contributed by atoms with Gasteiger partial charge in [-0.15, -0.1) is 0 Å². The lowest BCUT2D eigenvalue weighted by atomic mass is 10.1. The highest BCUT2D eigenvalue weighted by Crippen LogP contribution is 2.43. The molecule has 0 aromatic heterocycles. The normalized spacial score (nSPS) is 38.0. The summed E-state index contributed by atoms with van der Waals surface area (Å²) < 4.78 is 17.3. The van der Waals surface area contributed by atoms with Gasteiger partial charge in [0.1, 0.15) is 17.8 Å². The summed E-state index contributed by atoms with van der Waals surface area (Å²) in [6, 6.07) is -0.0564. The Bertz CT molecular complexity index is 455. The Morgan fingerprint density at radius 2 is 2.00 bits per heavy atom. The van der Waals surface area contributed by atoms with Crippen LogP contribution in [0.25, 0.3) is 0 Å². The van der Waals surface area contributed by atoms with E-state index in [2.05, 4.69) is 4.99 Å². The van der Waals surface area contributed by atoms with Crippen LogP contribution in [0.2, 0.25) is 0 Å². The summed E-state index contributed by atoms with van der Waals surface area (Å²) in [5.74, 6) is -0.612. The molecule has 0 spiro atoms. The van der Waals surface area contributed by atoms with Crippen LogP contribution >= 0.6 is 0 Å². The summed E-state index contributed by atoms with van der Waals surface area (Å²) in [4.78, 5) is 18.5. The standard InChI is InChI=1S/C14H22N2O4/c1-13(2,3)20-12(17)16-8-6-7-15-11(16)10-9(8)18-14(4,5)19-10/h7-11H,6H2,1-5H3/t8-,9-,10-,11-/m1/s1. The molecule has 6 heteroatoms. The monoisotopic (exact) mass is 282 g/mol. The summed E-state index contributed by atoms with van der Waals surface area (Å²) in [6.07, 6.45) is 1.51. The van der Waals surface area contributed by atoms with Gasteiger partial charge in [0.05, 0.1) is 6.04 Å². The largest absolute Gasteiger partial charge is 0.444 e. The first-order chi connectivity index (χ1) is 9.18. The predicted molar refractivity (Wildman–Crippen MR) is 72.6 cm³/mol. The summed E-state index contributed by atoms with van der Waals surface area (Å²) in [7, 11) is 0. The molecule has 3 aliphatic rings. The van der Waals surface area contributed by atoms with Crippen LogP contribution < -0.4 is 0 Å². The van der Waals surface area contributed by atoms with Gasteiger partial charge in [-0.05, 0) is 34.6 Å². The average molecular weight is 282 g/mol. The van der Waals surface area contributed by atoms with Gasteiger partial charge in [0.2, 0.25) is 0 Å². The second-order valence-electron chi connectivity index (χ2n) is 7.00. The highest BCUT2D eigenvalue weighted by Gasteiger charge is 2.60. The molecule has 3 aliphatic heterocycles. The molecule has 2 bridgehead atoms. The van der Waals surface area contributed by atoms with Gasteiger partial charge in [-0.3, -0.25) is 9.89 Å². The minimum Gasteiger partial charge on any atom is -0.444 e. The van der Waals surface area contributed by atoms with Gasteiger partial charge in [0.15, 0.2) is 12.0 Å². The molecule has 2 fully saturated rings. The van der Waals surface area contributed by atoms with Gasteiger partial charge in [-0.2, -0.15) is 0 Å². The van der Waals surface area contributed by atoms with Gasteiger partial charge in [-0.1, -0.05) is 0 Å². The lowest BCUT2D eigenvalue weighted by Crippen LogP contribution is -2.49. The lowest BCUT2D eigenvalue weighted by Gasteiger charge is -2.35. The molecule has 3 heterocycles. The molecule has 3 rings (SSSR count). The Morgan fingerprint density at radius 1 is 1.35 bits per heavy atom. The third kappa shape index (κ3) is 2.20. The molecule has 4 atom stereocenters. The maximum Gasteiger partial charge on any atom is 0.412 e. The molecule has 0 aromatic rings. The number of aliphatic imine (C=N–C) groups is 1. The van der Waals surface area contributed by atoms with E-state index in [0.717, 1.165) is 0 Å². The number of carbonyl (C=O) groups excluding carboxylic acids is 1. The number of nitrogens with zero attached hydrogens (tertiary/aromatic N) is 2. The number of hydrogen-bond donors (Lipinski definition) is 0. The zero-order chi connectivity index (χ0) is 14.7. The van der Waals surface area contributed by atoms with Crippen LogP contribution in [0.5, 0.6) is 0 Å². The lowest BCUT2D eigenvalue weighted by molar-refractivity contribution is -0.166. The van der Waals surface area contributed by atoms with Crippen molar-refractivity contribution >= 4 is 12.3 Å². The van der Waals surface area contributed by atoms with Crippen molar-refractivity contribution in [3.8, 4) is 0 Å². The Morgan fingerprint density at radius 3 is 2.65 bits per heavy atom. The highest BCUT2D eigenvalue weighted by atomic mass is 16.8. The molecule has 2 saturated heterocycles. The van der Waals surface area contributed by atoms with Gasteiger partial charge < -0.3 is 14.2 Å². The van der Waals surface area contributed by atoms with E-state index in [0.29, 0.717) is 6.42 Å². The Balaban J connectivity index is 1.83. The summed E-state index contributed by atoms with van der Waals surface area (Å²) in [6.45, 7) is 9.36. The fourth-order valence-corrected chi connectivity index (χ4v) is 3.10. The summed E-state index contributed by atoms with van der Waals surface area (Å²) in [5.41, 5.74) is -0.520. The number of carbonyl (C=O) groups is 1. The zero-order valence-corrected chi connectivity index (χ0v) is 12.6. The molecular formula is C14H22N2O4. The van der Waals surface area contributed by atoms with Crippen LogP contribution in [0.1, 0.15) is 41.0 Å². The number of rotatable bonds is 0. The van der Waals surface area contributed by atoms with Crippen molar-refractivity contribution < 1.29 is 19.0 Å². The van der Waals surface area contributed by atoms with E-state index in [1.54, 1.807) is 4.90 Å². The van der Waals surface area contributed by atoms with Crippen LogP contribution in [0.4, 0.5) is 4.79 Å². The first-order valence-corrected chi connectivity index (χ1v) is 7.06. The minimum atomic E-state index is -0.612. The van der Waals surface area contributed by atoms with Crippen LogP contribution in [-0.4, -0.2) is 53.0 Å². The minimum absolute atomic E-state index is 0.0564. The maximum atomic E-state index is 12.4. The third-order valence-corrected chi connectivity index (χ3v) is 3.69. The van der Waals surface area contributed by atoms with Crippen molar-refractivity contribution in [3.05, 3.63) is 0 Å². The zero-order valence-electron chi connectivity index (χ0n) is 12.6. The molecule has 0 N–H and O–H groups in total. The maximum absolute atomic E-state index is 12.4. The molecule has 0 unspecified atom stereocenters. The smallest absolute Gasteiger partial charge is 0.412 e. The number of fused-ring (bicyclic) bond motifs is 5. The van der Waals surface area contributed by atoms with Crippen molar-refractivity contribution in [2.24, 2.45) is 4.99 Å². The Hall–Kier alpha value is -1.14. The van der Waals surface area contributed by atoms with E-state index >= 15 is 0 Å². The molecule has 0 radical (unpaired) electrons. The fourth-order valence-electron chi connectivity index (χ4n) is 3.10. The topological polar surface area (TPSA) is 60.4 Å². The van der Waals surface area contributed by atoms with E-state index in [-0.39, 0.29) is 30.5 Å². The van der Waals surface area contributed by atoms with Crippen molar-refractivity contribution in [2.45, 2.75) is 76.8 Å². The molecule has 1 amide bonds. The Kier molecular flexibility index (Phi) is 2.89. The van der Waals surface area contributed by atoms with E-state index < -0.39 is 11.4 Å². The molecule has 0 saturated carbocycles. The molecule has 0 aliphatic carbocycles. The second kappa shape index (κ2) is 4.18. The Labute approximate surface area is 119 Å². The average Bonchev–Trinajstić information content (AvgIpc) is 2.68. The fraction of sp³-hybridized carbons (Fsp3) is 0.857.